The van der Waals surface area contributed by atoms with Gasteiger partial charge in [0.2, 0.25) is 0 Å². The van der Waals surface area contributed by atoms with Crippen molar-refractivity contribution in [3.05, 3.63) is 63.4 Å². The van der Waals surface area contributed by atoms with Crippen LogP contribution in [0, 0.1) is 5.82 Å². The van der Waals surface area contributed by atoms with E-state index >= 15 is 0 Å². The number of rotatable bonds is 6. The van der Waals surface area contributed by atoms with Gasteiger partial charge in [0.05, 0.1) is 21.2 Å². The third-order valence-electron chi connectivity index (χ3n) is 3.38. The number of hydrogen-bond acceptors (Lipinski definition) is 3. The maximum atomic E-state index is 13.4. The van der Waals surface area contributed by atoms with Gasteiger partial charge in [0.25, 0.3) is 5.91 Å². The molecule has 1 unspecified atom stereocenters. The Bertz CT molecular complexity index is 813. The molecule has 0 radical (unpaired) electrons. The van der Waals surface area contributed by atoms with E-state index in [0.29, 0.717) is 0 Å². The number of halogens is 6. The average Bonchev–Trinajstić information content (AvgIpc) is 2.60. The number of carbonyl (C=O) groups is 1. The number of aliphatic hydroxyl groups excluding tert-OH is 1. The number of carbonyl (C=O) groups excluding carboxylic acids is 1. The van der Waals surface area contributed by atoms with Crippen LogP contribution in [0.4, 0.5) is 17.6 Å². The lowest BCUT2D eigenvalue weighted by atomic mass is 10.2. The number of benzene rings is 2. The van der Waals surface area contributed by atoms with Crippen LogP contribution in [0.25, 0.3) is 0 Å². The topological polar surface area (TPSA) is 58.6 Å². The van der Waals surface area contributed by atoms with Gasteiger partial charge in [-0.05, 0) is 36.4 Å². The summed E-state index contributed by atoms with van der Waals surface area (Å²) < 4.78 is 56.0. The Kier molecular flexibility index (Phi) is 6.91. The summed E-state index contributed by atoms with van der Waals surface area (Å²) in [6, 6.07) is 5.87. The molecule has 2 aromatic rings. The van der Waals surface area contributed by atoms with Crippen LogP contribution in [-0.2, 0) is 6.18 Å². The zero-order chi connectivity index (χ0) is 20.2. The zero-order valence-electron chi connectivity index (χ0n) is 13.5. The molecule has 0 heterocycles. The van der Waals surface area contributed by atoms with Gasteiger partial charge in [-0.15, -0.1) is 0 Å². The molecule has 0 aliphatic heterocycles. The van der Waals surface area contributed by atoms with Crippen molar-refractivity contribution in [2.24, 2.45) is 0 Å². The summed E-state index contributed by atoms with van der Waals surface area (Å²) in [5, 5.41) is 11.9. The second-order valence-corrected chi connectivity index (χ2v) is 6.26. The fraction of sp³-hybridized carbons (Fsp3) is 0.235. The molecule has 2 aromatic carbocycles. The van der Waals surface area contributed by atoms with E-state index < -0.39 is 29.6 Å². The summed E-state index contributed by atoms with van der Waals surface area (Å²) in [7, 11) is 0. The highest BCUT2D eigenvalue weighted by Gasteiger charge is 2.30. The van der Waals surface area contributed by atoms with E-state index in [2.05, 4.69) is 5.32 Å². The van der Waals surface area contributed by atoms with Crippen molar-refractivity contribution in [3.8, 4) is 5.75 Å². The van der Waals surface area contributed by atoms with Crippen LogP contribution >= 0.6 is 23.2 Å². The molecule has 0 saturated heterocycles. The number of aliphatic hydroxyl groups is 1. The molecule has 0 aliphatic carbocycles. The van der Waals surface area contributed by atoms with Gasteiger partial charge in [-0.1, -0.05) is 23.2 Å². The molecule has 2 N–H and O–H groups in total. The highest BCUT2D eigenvalue weighted by Crippen LogP contribution is 2.30. The van der Waals surface area contributed by atoms with Crippen molar-refractivity contribution in [2.45, 2.75) is 12.3 Å². The molecule has 0 aliphatic rings. The van der Waals surface area contributed by atoms with E-state index in [9.17, 15) is 27.5 Å². The first kappa shape index (κ1) is 21.3. The lowest BCUT2D eigenvalue weighted by molar-refractivity contribution is -0.137. The molecule has 1 amide bonds. The Labute approximate surface area is 161 Å². The van der Waals surface area contributed by atoms with Crippen LogP contribution in [0.15, 0.2) is 36.4 Å². The first-order chi connectivity index (χ1) is 12.6. The van der Waals surface area contributed by atoms with Gasteiger partial charge < -0.3 is 15.2 Å². The number of nitrogens with one attached hydrogen (secondary N) is 1. The molecule has 146 valence electrons. The predicted octanol–water partition coefficient (Wildman–Crippen LogP) is 4.32. The van der Waals surface area contributed by atoms with Crippen LogP contribution in [-0.4, -0.2) is 30.3 Å². The standard InChI is InChI=1S/C17H13Cl2F4NO3/c18-13-6-14(19)15(20)5-12(13)16(26)24-7-10(25)8-27-11-3-1-9(2-4-11)17(21,22)23/h1-6,10,25H,7-8H2,(H,24,26). The summed E-state index contributed by atoms with van der Waals surface area (Å²) in [5.74, 6) is -1.43. The smallest absolute Gasteiger partial charge is 0.416 e. The minimum absolute atomic E-state index is 0.0607. The number of ether oxygens (including phenoxy) is 1. The van der Waals surface area contributed by atoms with Gasteiger partial charge in [-0.25, -0.2) is 4.39 Å². The molecular formula is C17H13Cl2F4NO3. The predicted molar refractivity (Wildman–Crippen MR) is 91.7 cm³/mol. The summed E-state index contributed by atoms with van der Waals surface area (Å²) >= 11 is 11.4. The quantitative estimate of drug-likeness (QED) is 0.535. The molecule has 2 rings (SSSR count). The molecule has 0 fully saturated rings. The Balaban J connectivity index is 1.85. The van der Waals surface area contributed by atoms with Crippen LogP contribution < -0.4 is 10.1 Å². The maximum absolute atomic E-state index is 13.4. The van der Waals surface area contributed by atoms with Crippen LogP contribution in [0.5, 0.6) is 5.75 Å². The highest BCUT2D eigenvalue weighted by molar-refractivity contribution is 6.36. The molecule has 1 atom stereocenters. The van der Waals surface area contributed by atoms with Crippen LogP contribution in [0.1, 0.15) is 15.9 Å². The SMILES string of the molecule is O=C(NCC(O)COc1ccc(C(F)(F)F)cc1)c1cc(F)c(Cl)cc1Cl. The molecule has 27 heavy (non-hydrogen) atoms. The van der Waals surface area contributed by atoms with E-state index in [-0.39, 0.29) is 34.5 Å². The molecule has 0 bridgehead atoms. The largest absolute Gasteiger partial charge is 0.491 e. The van der Waals surface area contributed by atoms with Gasteiger partial charge in [0.15, 0.2) is 0 Å². The van der Waals surface area contributed by atoms with Gasteiger partial charge in [-0.3, -0.25) is 4.79 Å². The minimum atomic E-state index is -4.45. The van der Waals surface area contributed by atoms with Crippen molar-refractivity contribution >= 4 is 29.1 Å². The summed E-state index contributed by atoms with van der Waals surface area (Å²) in [6.45, 7) is -0.533. The highest BCUT2D eigenvalue weighted by atomic mass is 35.5. The minimum Gasteiger partial charge on any atom is -0.491 e. The van der Waals surface area contributed by atoms with Gasteiger partial charge in [-0.2, -0.15) is 13.2 Å². The molecule has 0 spiro atoms. The number of hydrogen-bond donors (Lipinski definition) is 2. The average molecular weight is 426 g/mol. The lowest BCUT2D eigenvalue weighted by Crippen LogP contribution is -2.35. The molecule has 0 saturated carbocycles. The van der Waals surface area contributed by atoms with E-state index in [1.165, 1.54) is 0 Å². The third kappa shape index (κ3) is 5.98. The summed E-state index contributed by atoms with van der Waals surface area (Å²) in [4.78, 5) is 12.0. The van der Waals surface area contributed by atoms with E-state index in [4.69, 9.17) is 27.9 Å². The summed E-state index contributed by atoms with van der Waals surface area (Å²) in [5.41, 5.74) is -0.982. The lowest BCUT2D eigenvalue weighted by Gasteiger charge is -2.14. The van der Waals surface area contributed by atoms with Gasteiger partial charge in [0, 0.05) is 6.54 Å². The second-order valence-electron chi connectivity index (χ2n) is 5.44. The van der Waals surface area contributed by atoms with Crippen molar-refractivity contribution in [2.75, 3.05) is 13.2 Å². The van der Waals surface area contributed by atoms with Crippen LogP contribution in [0.2, 0.25) is 10.0 Å². The van der Waals surface area contributed by atoms with Crippen molar-refractivity contribution < 1.29 is 32.2 Å². The normalized spacial score (nSPS) is 12.6. The van der Waals surface area contributed by atoms with Crippen molar-refractivity contribution in [3.63, 3.8) is 0 Å². The first-order valence-electron chi connectivity index (χ1n) is 7.49. The fourth-order valence-electron chi connectivity index (χ4n) is 1.99. The molecule has 10 heteroatoms. The molecule has 4 nitrogen and oxygen atoms in total. The van der Waals surface area contributed by atoms with Crippen molar-refractivity contribution in [1.82, 2.24) is 5.32 Å². The van der Waals surface area contributed by atoms with Gasteiger partial charge >= 0.3 is 6.18 Å². The monoisotopic (exact) mass is 425 g/mol. The third-order valence-corrected chi connectivity index (χ3v) is 3.98. The Morgan fingerprint density at radius 3 is 2.37 bits per heavy atom. The van der Waals surface area contributed by atoms with Gasteiger partial charge in [0.1, 0.15) is 24.3 Å². The Morgan fingerprint density at radius 1 is 1.15 bits per heavy atom. The Hall–Kier alpha value is -2.03. The Morgan fingerprint density at radius 2 is 1.78 bits per heavy atom. The maximum Gasteiger partial charge on any atom is 0.416 e. The zero-order valence-corrected chi connectivity index (χ0v) is 15.0. The fourth-order valence-corrected chi connectivity index (χ4v) is 2.46. The number of alkyl halides is 3. The second kappa shape index (κ2) is 8.77. The van der Waals surface area contributed by atoms with E-state index in [1.807, 2.05) is 0 Å². The van der Waals surface area contributed by atoms with Crippen molar-refractivity contribution in [1.29, 1.82) is 0 Å². The van der Waals surface area contributed by atoms with E-state index in [0.717, 1.165) is 36.4 Å². The van der Waals surface area contributed by atoms with Crippen LogP contribution in [0.3, 0.4) is 0 Å². The molecular weight excluding hydrogens is 413 g/mol. The molecule has 0 aromatic heterocycles. The first-order valence-corrected chi connectivity index (χ1v) is 8.24. The number of amides is 1. The van der Waals surface area contributed by atoms with E-state index in [1.54, 1.807) is 0 Å². The summed E-state index contributed by atoms with van der Waals surface area (Å²) in [6.07, 6.45) is -5.61.